The number of hydrogen-bond acceptors (Lipinski definition) is 4. The van der Waals surface area contributed by atoms with E-state index in [9.17, 15) is 4.79 Å². The second-order valence-corrected chi connectivity index (χ2v) is 4.81. The largest absolute Gasteiger partial charge is 0.382 e. The first kappa shape index (κ1) is 14.0. The average Bonchev–Trinajstić information content (AvgIpc) is 2.92. The number of aromatic nitrogens is 1. The topological polar surface area (TPSA) is 54.5 Å². The maximum absolute atomic E-state index is 12.0. The predicted octanol–water partition coefficient (Wildman–Crippen LogP) is 0.981. The number of likely N-dealkylation sites (tertiary alicyclic amines) is 1. The molecular formula is C14H21N3O2. The fraction of sp³-hybridized carbons (Fsp3) is 0.571. The van der Waals surface area contributed by atoms with Gasteiger partial charge in [-0.2, -0.15) is 0 Å². The van der Waals surface area contributed by atoms with Gasteiger partial charge < -0.3 is 10.1 Å². The van der Waals surface area contributed by atoms with Crippen molar-refractivity contribution in [3.63, 3.8) is 0 Å². The summed E-state index contributed by atoms with van der Waals surface area (Å²) in [5.41, 5.74) is 0.833. The van der Waals surface area contributed by atoms with Crippen LogP contribution in [0.15, 0.2) is 24.4 Å². The molecule has 19 heavy (non-hydrogen) atoms. The summed E-state index contributed by atoms with van der Waals surface area (Å²) in [6.45, 7) is 2.94. The van der Waals surface area contributed by atoms with Crippen LogP contribution in [0.3, 0.4) is 0 Å². The molecule has 5 nitrogen and oxygen atoms in total. The van der Waals surface area contributed by atoms with E-state index >= 15 is 0 Å². The molecule has 2 rings (SSSR count). The van der Waals surface area contributed by atoms with Gasteiger partial charge in [0.25, 0.3) is 0 Å². The number of pyridine rings is 1. The van der Waals surface area contributed by atoms with Gasteiger partial charge in [0.15, 0.2) is 0 Å². The molecule has 0 aliphatic carbocycles. The normalized spacial score (nSPS) is 17.3. The minimum absolute atomic E-state index is 0.0367. The molecule has 1 saturated heterocycles. The highest BCUT2D eigenvalue weighted by Gasteiger charge is 2.19. The number of nitrogens with one attached hydrogen (secondary N) is 1. The SMILES string of the molecule is COC[C@@H](NC(=O)CN1CCCC1)c1ccccn1. The maximum atomic E-state index is 12.0. The highest BCUT2D eigenvalue weighted by atomic mass is 16.5. The standard InChI is InChI=1S/C14H21N3O2/c1-19-11-13(12-6-2-3-7-15-12)16-14(18)10-17-8-4-5-9-17/h2-3,6-7,13H,4-5,8-11H2,1H3,(H,16,18)/t13-/m1/s1. The molecule has 1 aliphatic heterocycles. The van der Waals surface area contributed by atoms with Crippen LogP contribution in [0.25, 0.3) is 0 Å². The molecule has 1 N–H and O–H groups in total. The molecule has 0 unspecified atom stereocenters. The molecule has 1 aliphatic rings. The lowest BCUT2D eigenvalue weighted by atomic mass is 10.2. The molecule has 0 aromatic carbocycles. The van der Waals surface area contributed by atoms with Crippen molar-refractivity contribution >= 4 is 5.91 Å². The Morgan fingerprint density at radius 2 is 2.26 bits per heavy atom. The molecule has 0 radical (unpaired) electrons. The van der Waals surface area contributed by atoms with E-state index in [1.165, 1.54) is 12.8 Å². The van der Waals surface area contributed by atoms with Crippen molar-refractivity contribution in [2.75, 3.05) is 33.4 Å². The Kier molecular flexibility index (Phi) is 5.30. The van der Waals surface area contributed by atoms with Crippen molar-refractivity contribution in [3.8, 4) is 0 Å². The van der Waals surface area contributed by atoms with Crippen molar-refractivity contribution < 1.29 is 9.53 Å². The Hall–Kier alpha value is -1.46. The summed E-state index contributed by atoms with van der Waals surface area (Å²) < 4.78 is 5.16. The van der Waals surface area contributed by atoms with Crippen LogP contribution in [0.2, 0.25) is 0 Å². The minimum atomic E-state index is -0.179. The highest BCUT2D eigenvalue weighted by Crippen LogP contribution is 2.11. The second kappa shape index (κ2) is 7.21. The number of hydrogen-bond donors (Lipinski definition) is 1. The number of methoxy groups -OCH3 is 1. The Morgan fingerprint density at radius 3 is 2.89 bits per heavy atom. The summed E-state index contributed by atoms with van der Waals surface area (Å²) in [6, 6.07) is 5.50. The van der Waals surface area contributed by atoms with E-state index in [-0.39, 0.29) is 11.9 Å². The quantitative estimate of drug-likeness (QED) is 0.831. The van der Waals surface area contributed by atoms with Crippen molar-refractivity contribution in [1.29, 1.82) is 0 Å². The molecule has 2 heterocycles. The molecular weight excluding hydrogens is 242 g/mol. The van der Waals surface area contributed by atoms with Crippen molar-refractivity contribution in [2.45, 2.75) is 18.9 Å². The van der Waals surface area contributed by atoms with Gasteiger partial charge in [-0.05, 0) is 38.1 Å². The van der Waals surface area contributed by atoms with Crippen LogP contribution in [-0.2, 0) is 9.53 Å². The van der Waals surface area contributed by atoms with Gasteiger partial charge in [-0.1, -0.05) is 6.07 Å². The fourth-order valence-electron chi connectivity index (χ4n) is 2.33. The molecule has 0 bridgehead atoms. The first-order valence-corrected chi connectivity index (χ1v) is 6.71. The number of ether oxygens (including phenoxy) is 1. The third-order valence-electron chi connectivity index (χ3n) is 3.28. The van der Waals surface area contributed by atoms with Crippen LogP contribution in [0.1, 0.15) is 24.6 Å². The summed E-state index contributed by atoms with van der Waals surface area (Å²) in [5.74, 6) is 0.0367. The summed E-state index contributed by atoms with van der Waals surface area (Å²) >= 11 is 0. The number of carbonyl (C=O) groups is 1. The van der Waals surface area contributed by atoms with E-state index in [0.29, 0.717) is 13.2 Å². The highest BCUT2D eigenvalue weighted by molar-refractivity contribution is 5.78. The van der Waals surface area contributed by atoms with Crippen molar-refractivity contribution in [3.05, 3.63) is 30.1 Å². The molecule has 0 spiro atoms. The number of carbonyl (C=O) groups excluding carboxylic acids is 1. The van der Waals surface area contributed by atoms with E-state index in [1.54, 1.807) is 13.3 Å². The van der Waals surface area contributed by atoms with Crippen LogP contribution in [0.5, 0.6) is 0 Å². The third kappa shape index (κ3) is 4.29. The average molecular weight is 263 g/mol. The monoisotopic (exact) mass is 263 g/mol. The molecule has 1 aromatic heterocycles. The zero-order valence-corrected chi connectivity index (χ0v) is 11.3. The van der Waals surface area contributed by atoms with Gasteiger partial charge in [-0.25, -0.2) is 0 Å². The smallest absolute Gasteiger partial charge is 0.234 e. The lowest BCUT2D eigenvalue weighted by Gasteiger charge is -2.20. The van der Waals surface area contributed by atoms with Gasteiger partial charge in [0.1, 0.15) is 0 Å². The second-order valence-electron chi connectivity index (χ2n) is 4.81. The van der Waals surface area contributed by atoms with Gasteiger partial charge in [-0.15, -0.1) is 0 Å². The zero-order valence-electron chi connectivity index (χ0n) is 11.3. The Bertz CT molecular complexity index is 391. The van der Waals surface area contributed by atoms with Crippen molar-refractivity contribution in [1.82, 2.24) is 15.2 Å². The van der Waals surface area contributed by atoms with E-state index in [0.717, 1.165) is 18.8 Å². The van der Waals surface area contributed by atoms with E-state index < -0.39 is 0 Å². The maximum Gasteiger partial charge on any atom is 0.234 e. The molecule has 1 atom stereocenters. The van der Waals surface area contributed by atoms with Gasteiger partial charge in [-0.3, -0.25) is 14.7 Å². The van der Waals surface area contributed by atoms with Crippen LogP contribution >= 0.6 is 0 Å². The van der Waals surface area contributed by atoms with E-state index in [2.05, 4.69) is 15.2 Å². The van der Waals surface area contributed by atoms with E-state index in [1.807, 2.05) is 18.2 Å². The summed E-state index contributed by atoms with van der Waals surface area (Å²) in [5, 5.41) is 2.99. The molecule has 1 amide bonds. The molecule has 1 fully saturated rings. The van der Waals surface area contributed by atoms with Crippen LogP contribution < -0.4 is 5.32 Å². The van der Waals surface area contributed by atoms with Gasteiger partial charge >= 0.3 is 0 Å². The molecule has 0 saturated carbocycles. The number of rotatable bonds is 6. The number of amides is 1. The molecule has 1 aromatic rings. The Balaban J connectivity index is 1.90. The third-order valence-corrected chi connectivity index (χ3v) is 3.28. The van der Waals surface area contributed by atoms with Crippen LogP contribution in [-0.4, -0.2) is 49.1 Å². The predicted molar refractivity (Wildman–Crippen MR) is 72.7 cm³/mol. The molecule has 5 heteroatoms. The first-order valence-electron chi connectivity index (χ1n) is 6.71. The van der Waals surface area contributed by atoms with Crippen molar-refractivity contribution in [2.24, 2.45) is 0 Å². The fourth-order valence-corrected chi connectivity index (χ4v) is 2.33. The number of nitrogens with zero attached hydrogens (tertiary/aromatic N) is 2. The van der Waals surface area contributed by atoms with Gasteiger partial charge in [0.05, 0.1) is 24.9 Å². The van der Waals surface area contributed by atoms with E-state index in [4.69, 9.17) is 4.74 Å². The summed E-state index contributed by atoms with van der Waals surface area (Å²) in [7, 11) is 1.63. The lowest BCUT2D eigenvalue weighted by Crippen LogP contribution is -2.39. The van der Waals surface area contributed by atoms with Crippen LogP contribution in [0, 0.1) is 0 Å². The first-order chi connectivity index (χ1) is 9.29. The summed E-state index contributed by atoms with van der Waals surface area (Å²) in [6.07, 6.45) is 4.11. The zero-order chi connectivity index (χ0) is 13.5. The summed E-state index contributed by atoms with van der Waals surface area (Å²) in [4.78, 5) is 18.5. The van der Waals surface area contributed by atoms with Crippen LogP contribution in [0.4, 0.5) is 0 Å². The molecule has 104 valence electrons. The van der Waals surface area contributed by atoms with Gasteiger partial charge in [0.2, 0.25) is 5.91 Å². The Labute approximate surface area is 114 Å². The Morgan fingerprint density at radius 1 is 1.47 bits per heavy atom. The minimum Gasteiger partial charge on any atom is -0.382 e. The lowest BCUT2D eigenvalue weighted by molar-refractivity contribution is -0.123. The van der Waals surface area contributed by atoms with Gasteiger partial charge in [0, 0.05) is 13.3 Å².